The number of aromatic nitrogens is 3. The number of nitrogens with zero attached hydrogens (tertiary/aromatic N) is 5. The minimum absolute atomic E-state index is 0.655. The van der Waals surface area contributed by atoms with E-state index in [9.17, 15) is 4.79 Å². The molecule has 0 saturated carbocycles. The average molecular weight is 379 g/mol. The van der Waals surface area contributed by atoms with Crippen LogP contribution in [-0.4, -0.2) is 77.5 Å². The zero-order valence-corrected chi connectivity index (χ0v) is 16.3. The van der Waals surface area contributed by atoms with Crippen LogP contribution in [0.2, 0.25) is 0 Å². The number of carbonyl (C=O) groups excluding carboxylic acids is 1. The maximum Gasteiger partial charge on any atom is 0.152 e. The first-order valence-electron chi connectivity index (χ1n) is 9.53. The SMILES string of the molecule is COc1ccc2c(c1)c(C=O)c(-c1cncnc1)n2CCN1CCN(C)CC1. The lowest BCUT2D eigenvalue weighted by atomic mass is 10.1. The Balaban J connectivity index is 1.77. The fourth-order valence-electron chi connectivity index (χ4n) is 3.88. The van der Waals surface area contributed by atoms with Crippen LogP contribution in [0.25, 0.3) is 22.2 Å². The van der Waals surface area contributed by atoms with Gasteiger partial charge in [-0.05, 0) is 25.2 Å². The number of likely N-dealkylation sites (N-methyl/N-ethyl adjacent to an activating group) is 1. The van der Waals surface area contributed by atoms with Gasteiger partial charge in [-0.15, -0.1) is 0 Å². The lowest BCUT2D eigenvalue weighted by Crippen LogP contribution is -2.45. The second-order valence-electron chi connectivity index (χ2n) is 7.19. The summed E-state index contributed by atoms with van der Waals surface area (Å²) in [6.45, 7) is 6.03. The van der Waals surface area contributed by atoms with Gasteiger partial charge in [0, 0.05) is 73.7 Å². The zero-order chi connectivity index (χ0) is 19.5. The highest BCUT2D eigenvalue weighted by atomic mass is 16.5. The van der Waals surface area contributed by atoms with E-state index < -0.39 is 0 Å². The average Bonchev–Trinajstić information content (AvgIpc) is 3.06. The van der Waals surface area contributed by atoms with Gasteiger partial charge in [0.05, 0.1) is 12.8 Å². The number of carbonyl (C=O) groups is 1. The second-order valence-corrected chi connectivity index (χ2v) is 7.19. The van der Waals surface area contributed by atoms with Crippen LogP contribution in [0.15, 0.2) is 36.9 Å². The molecule has 0 unspecified atom stereocenters. The first-order chi connectivity index (χ1) is 13.7. The van der Waals surface area contributed by atoms with E-state index in [0.717, 1.165) is 73.5 Å². The summed E-state index contributed by atoms with van der Waals surface area (Å²) >= 11 is 0. The van der Waals surface area contributed by atoms with Gasteiger partial charge in [-0.2, -0.15) is 0 Å². The normalized spacial score (nSPS) is 15.8. The Bertz CT molecular complexity index is 962. The minimum atomic E-state index is 0.655. The maximum absolute atomic E-state index is 12.1. The zero-order valence-electron chi connectivity index (χ0n) is 16.3. The molecule has 7 nitrogen and oxygen atoms in total. The molecule has 1 saturated heterocycles. The molecular formula is C21H25N5O2. The molecule has 0 atom stereocenters. The Morgan fingerprint density at radius 1 is 1.11 bits per heavy atom. The Morgan fingerprint density at radius 2 is 1.86 bits per heavy atom. The number of hydrogen-bond donors (Lipinski definition) is 0. The Kier molecular flexibility index (Phi) is 5.36. The van der Waals surface area contributed by atoms with Crippen LogP contribution in [0.3, 0.4) is 0 Å². The van der Waals surface area contributed by atoms with Gasteiger partial charge < -0.3 is 14.2 Å². The molecule has 0 N–H and O–H groups in total. The Labute approximate surface area is 164 Å². The molecule has 2 aromatic heterocycles. The van der Waals surface area contributed by atoms with Gasteiger partial charge in [-0.3, -0.25) is 9.69 Å². The van der Waals surface area contributed by atoms with Gasteiger partial charge in [-0.25, -0.2) is 9.97 Å². The van der Waals surface area contributed by atoms with E-state index in [-0.39, 0.29) is 0 Å². The van der Waals surface area contributed by atoms with E-state index in [2.05, 4.69) is 31.4 Å². The summed E-state index contributed by atoms with van der Waals surface area (Å²) in [5.74, 6) is 0.739. The summed E-state index contributed by atoms with van der Waals surface area (Å²) < 4.78 is 7.60. The third-order valence-electron chi connectivity index (χ3n) is 5.50. The summed E-state index contributed by atoms with van der Waals surface area (Å²) in [7, 11) is 3.80. The second kappa shape index (κ2) is 8.08. The summed E-state index contributed by atoms with van der Waals surface area (Å²) in [4.78, 5) is 25.2. The first-order valence-corrected chi connectivity index (χ1v) is 9.53. The summed E-state index contributed by atoms with van der Waals surface area (Å²) in [6.07, 6.45) is 5.95. The molecule has 0 radical (unpaired) electrons. The number of rotatable bonds is 6. The fraction of sp³-hybridized carbons (Fsp3) is 0.381. The first kappa shape index (κ1) is 18.6. The third kappa shape index (κ3) is 3.50. The van der Waals surface area contributed by atoms with Gasteiger partial charge in [0.25, 0.3) is 0 Å². The highest BCUT2D eigenvalue weighted by molar-refractivity contribution is 6.05. The van der Waals surface area contributed by atoms with Gasteiger partial charge in [-0.1, -0.05) is 0 Å². The number of methoxy groups -OCH3 is 1. The lowest BCUT2D eigenvalue weighted by molar-refractivity contribution is 0.112. The van der Waals surface area contributed by atoms with Crippen molar-refractivity contribution in [1.29, 1.82) is 0 Å². The molecule has 146 valence electrons. The summed E-state index contributed by atoms with van der Waals surface area (Å²) in [5, 5.41) is 0.895. The van der Waals surface area contributed by atoms with Gasteiger partial charge in [0.1, 0.15) is 12.1 Å². The maximum atomic E-state index is 12.1. The van der Waals surface area contributed by atoms with Crippen molar-refractivity contribution >= 4 is 17.2 Å². The van der Waals surface area contributed by atoms with Crippen LogP contribution in [0, 0.1) is 0 Å². The topological polar surface area (TPSA) is 63.5 Å². The van der Waals surface area contributed by atoms with Crippen LogP contribution >= 0.6 is 0 Å². The minimum Gasteiger partial charge on any atom is -0.497 e. The molecule has 1 aromatic carbocycles. The van der Waals surface area contributed by atoms with E-state index >= 15 is 0 Å². The monoisotopic (exact) mass is 379 g/mol. The lowest BCUT2D eigenvalue weighted by Gasteiger charge is -2.32. The highest BCUT2D eigenvalue weighted by Crippen LogP contribution is 2.34. The molecule has 1 fully saturated rings. The molecule has 0 aliphatic carbocycles. The van der Waals surface area contributed by atoms with E-state index in [1.807, 2.05) is 18.2 Å². The van der Waals surface area contributed by atoms with Crippen molar-refractivity contribution in [2.24, 2.45) is 0 Å². The molecule has 1 aliphatic rings. The third-order valence-corrected chi connectivity index (χ3v) is 5.50. The molecule has 0 spiro atoms. The molecule has 4 rings (SSSR count). The number of benzene rings is 1. The van der Waals surface area contributed by atoms with Crippen LogP contribution in [0.4, 0.5) is 0 Å². The Hall–Kier alpha value is -2.77. The number of hydrogen-bond acceptors (Lipinski definition) is 6. The van der Waals surface area contributed by atoms with Crippen molar-refractivity contribution in [1.82, 2.24) is 24.3 Å². The van der Waals surface area contributed by atoms with Gasteiger partial charge in [0.15, 0.2) is 6.29 Å². The number of aldehydes is 1. The van der Waals surface area contributed by atoms with Crippen molar-refractivity contribution in [2.75, 3.05) is 46.9 Å². The van der Waals surface area contributed by atoms with E-state index in [4.69, 9.17) is 4.74 Å². The quantitative estimate of drug-likeness (QED) is 0.612. The largest absolute Gasteiger partial charge is 0.497 e. The van der Waals surface area contributed by atoms with Crippen LogP contribution in [0.1, 0.15) is 10.4 Å². The summed E-state index contributed by atoms with van der Waals surface area (Å²) in [5.41, 5.74) is 3.39. The van der Waals surface area contributed by atoms with Crippen LogP contribution < -0.4 is 4.74 Å². The molecule has 1 aliphatic heterocycles. The Morgan fingerprint density at radius 3 is 2.54 bits per heavy atom. The predicted octanol–water partition coefficient (Wildman–Crippen LogP) is 2.17. The van der Waals surface area contributed by atoms with E-state index in [0.29, 0.717) is 5.56 Å². The van der Waals surface area contributed by atoms with Gasteiger partial charge >= 0.3 is 0 Å². The molecule has 7 heteroatoms. The van der Waals surface area contributed by atoms with E-state index in [1.54, 1.807) is 19.5 Å². The van der Waals surface area contributed by atoms with Crippen molar-refractivity contribution < 1.29 is 9.53 Å². The molecule has 0 amide bonds. The van der Waals surface area contributed by atoms with Crippen molar-refractivity contribution in [2.45, 2.75) is 6.54 Å². The van der Waals surface area contributed by atoms with E-state index in [1.165, 1.54) is 6.33 Å². The van der Waals surface area contributed by atoms with Crippen molar-refractivity contribution in [3.8, 4) is 17.0 Å². The molecule has 28 heavy (non-hydrogen) atoms. The highest BCUT2D eigenvalue weighted by Gasteiger charge is 2.21. The molecular weight excluding hydrogens is 354 g/mol. The fourth-order valence-corrected chi connectivity index (χ4v) is 3.88. The number of ether oxygens (including phenoxy) is 1. The molecule has 3 heterocycles. The standard InChI is InChI=1S/C21H25N5O2/c1-24-5-7-25(8-6-24)9-10-26-20-4-3-17(28-2)11-18(20)19(14-27)21(26)16-12-22-15-23-13-16/h3-4,11-15H,5-10H2,1-2H3. The van der Waals surface area contributed by atoms with Crippen molar-refractivity contribution in [3.05, 3.63) is 42.5 Å². The summed E-state index contributed by atoms with van der Waals surface area (Å²) in [6, 6.07) is 5.89. The number of fused-ring (bicyclic) bond motifs is 1. The van der Waals surface area contributed by atoms with Crippen LogP contribution in [-0.2, 0) is 6.54 Å². The van der Waals surface area contributed by atoms with Crippen molar-refractivity contribution in [3.63, 3.8) is 0 Å². The smallest absolute Gasteiger partial charge is 0.152 e. The molecule has 0 bridgehead atoms. The van der Waals surface area contributed by atoms with Crippen LogP contribution in [0.5, 0.6) is 5.75 Å². The van der Waals surface area contributed by atoms with Gasteiger partial charge in [0.2, 0.25) is 0 Å². The predicted molar refractivity (Wildman–Crippen MR) is 109 cm³/mol. The number of piperazine rings is 1. The molecule has 3 aromatic rings.